The minimum Gasteiger partial charge on any atom is -0.318 e. The van der Waals surface area contributed by atoms with Crippen molar-refractivity contribution in [3.05, 3.63) is 70.3 Å². The number of aryl methyl sites for hydroxylation is 1. The first kappa shape index (κ1) is 14.7. The predicted molar refractivity (Wildman–Crippen MR) is 95.2 cm³/mol. The minimum atomic E-state index is -0.0584. The molecular weight excluding hydrogens is 320 g/mol. The van der Waals surface area contributed by atoms with E-state index in [9.17, 15) is 4.79 Å². The number of carbonyl (C=O) groups excluding carboxylic acids is 1. The van der Waals surface area contributed by atoms with Gasteiger partial charge in [0, 0.05) is 24.4 Å². The van der Waals surface area contributed by atoms with Crippen molar-refractivity contribution >= 4 is 33.0 Å². The molecule has 2 aromatic heterocycles. The summed E-state index contributed by atoms with van der Waals surface area (Å²) < 4.78 is 3.17. The van der Waals surface area contributed by atoms with Crippen LogP contribution in [0, 0.1) is 0 Å². The lowest BCUT2D eigenvalue weighted by Gasteiger charge is -2.12. The third kappa shape index (κ3) is 2.32. The van der Waals surface area contributed by atoms with Crippen LogP contribution in [0.15, 0.2) is 64.4 Å². The standard InChI is InChI=1S/C18H14N4OS/c1-11-10-13(12-6-5-9-19-16(12)17(11)23)20-21-18-22(2)14-7-3-4-8-15(14)24-18/h3-10H,1-2H3. The van der Waals surface area contributed by atoms with Gasteiger partial charge < -0.3 is 4.57 Å². The number of ketones is 1. The zero-order valence-electron chi connectivity index (χ0n) is 13.2. The molecule has 0 unspecified atom stereocenters. The molecule has 5 nitrogen and oxygen atoms in total. The molecule has 1 aromatic carbocycles. The number of allylic oxidation sites excluding steroid dienone is 2. The summed E-state index contributed by atoms with van der Waals surface area (Å²) in [5.74, 6) is -0.0584. The number of para-hydroxylation sites is 1. The summed E-state index contributed by atoms with van der Waals surface area (Å²) in [6.45, 7) is 1.77. The monoisotopic (exact) mass is 334 g/mol. The fourth-order valence-corrected chi connectivity index (χ4v) is 3.66. The molecule has 2 heterocycles. The van der Waals surface area contributed by atoms with Crippen LogP contribution in [0.5, 0.6) is 0 Å². The van der Waals surface area contributed by atoms with E-state index in [-0.39, 0.29) is 5.78 Å². The molecule has 0 aliphatic heterocycles. The normalized spacial score (nSPS) is 16.6. The molecular formula is C18H14N4OS. The van der Waals surface area contributed by atoms with Gasteiger partial charge >= 0.3 is 0 Å². The molecule has 0 N–H and O–H groups in total. The van der Waals surface area contributed by atoms with Gasteiger partial charge in [-0.05, 0) is 37.3 Å². The first-order valence-electron chi connectivity index (χ1n) is 7.50. The molecule has 0 saturated carbocycles. The van der Waals surface area contributed by atoms with Crippen molar-refractivity contribution in [1.29, 1.82) is 0 Å². The highest BCUT2D eigenvalue weighted by atomic mass is 32.1. The van der Waals surface area contributed by atoms with Crippen molar-refractivity contribution in [3.63, 3.8) is 0 Å². The summed E-state index contributed by atoms with van der Waals surface area (Å²) >= 11 is 1.58. The van der Waals surface area contributed by atoms with Gasteiger partial charge in [0.15, 0.2) is 0 Å². The van der Waals surface area contributed by atoms with Gasteiger partial charge in [0.1, 0.15) is 5.69 Å². The van der Waals surface area contributed by atoms with Crippen LogP contribution in [0.3, 0.4) is 0 Å². The first-order valence-corrected chi connectivity index (χ1v) is 8.31. The summed E-state index contributed by atoms with van der Waals surface area (Å²) in [5.41, 5.74) is 3.56. The second-order valence-electron chi connectivity index (χ2n) is 5.55. The van der Waals surface area contributed by atoms with Gasteiger partial charge in [-0.15, -0.1) is 10.2 Å². The molecule has 24 heavy (non-hydrogen) atoms. The fraction of sp³-hybridized carbons (Fsp3) is 0.111. The number of fused-ring (bicyclic) bond motifs is 2. The smallest absolute Gasteiger partial charge is 0.211 e. The zero-order valence-corrected chi connectivity index (χ0v) is 14.0. The number of pyridine rings is 1. The van der Waals surface area contributed by atoms with Crippen LogP contribution in [-0.4, -0.2) is 21.0 Å². The van der Waals surface area contributed by atoms with E-state index in [0.717, 1.165) is 20.6 Å². The quantitative estimate of drug-likeness (QED) is 0.642. The molecule has 0 bridgehead atoms. The second kappa shape index (κ2) is 5.65. The highest BCUT2D eigenvalue weighted by Crippen LogP contribution is 2.20. The Kier molecular flexibility index (Phi) is 3.46. The van der Waals surface area contributed by atoms with Crippen LogP contribution in [0.25, 0.3) is 10.2 Å². The van der Waals surface area contributed by atoms with E-state index < -0.39 is 0 Å². The van der Waals surface area contributed by atoms with Gasteiger partial charge in [-0.25, -0.2) is 0 Å². The highest BCUT2D eigenvalue weighted by molar-refractivity contribution is 7.16. The number of hydrogen-bond donors (Lipinski definition) is 0. The van der Waals surface area contributed by atoms with Crippen LogP contribution >= 0.6 is 11.3 Å². The van der Waals surface area contributed by atoms with E-state index in [2.05, 4.69) is 27.3 Å². The van der Waals surface area contributed by atoms with E-state index in [1.807, 2.05) is 29.8 Å². The Labute approximate surface area is 142 Å². The maximum atomic E-state index is 12.2. The Balaban J connectivity index is 1.89. The number of carbonyl (C=O) groups is 1. The Hall–Kier alpha value is -2.86. The molecule has 0 radical (unpaired) electrons. The van der Waals surface area contributed by atoms with Gasteiger partial charge in [-0.3, -0.25) is 9.78 Å². The third-order valence-corrected chi connectivity index (χ3v) is 5.07. The molecule has 118 valence electrons. The Morgan fingerprint density at radius 2 is 1.96 bits per heavy atom. The summed E-state index contributed by atoms with van der Waals surface area (Å²) in [6.07, 6.45) is 3.39. The Morgan fingerprint density at radius 3 is 2.79 bits per heavy atom. The summed E-state index contributed by atoms with van der Waals surface area (Å²) in [7, 11) is 1.97. The van der Waals surface area contributed by atoms with Gasteiger partial charge in [0.2, 0.25) is 10.6 Å². The van der Waals surface area contributed by atoms with Crippen LogP contribution < -0.4 is 4.80 Å². The van der Waals surface area contributed by atoms with Crippen LogP contribution in [0.4, 0.5) is 0 Å². The lowest BCUT2D eigenvalue weighted by atomic mass is 9.94. The molecule has 3 aromatic rings. The van der Waals surface area contributed by atoms with Gasteiger partial charge in [0.25, 0.3) is 0 Å². The van der Waals surface area contributed by atoms with E-state index in [4.69, 9.17) is 0 Å². The van der Waals surface area contributed by atoms with Crippen molar-refractivity contribution in [2.75, 3.05) is 0 Å². The molecule has 0 saturated heterocycles. The number of aromatic nitrogens is 2. The first-order chi connectivity index (χ1) is 11.6. The summed E-state index contributed by atoms with van der Waals surface area (Å²) in [6, 6.07) is 11.8. The maximum Gasteiger partial charge on any atom is 0.211 e. The average Bonchev–Trinajstić information content (AvgIpc) is 2.93. The second-order valence-corrected chi connectivity index (χ2v) is 6.56. The van der Waals surface area contributed by atoms with Crippen molar-refractivity contribution in [1.82, 2.24) is 9.55 Å². The topological polar surface area (TPSA) is 59.6 Å². The van der Waals surface area contributed by atoms with Crippen molar-refractivity contribution < 1.29 is 4.79 Å². The van der Waals surface area contributed by atoms with Crippen LogP contribution in [0.2, 0.25) is 0 Å². The van der Waals surface area contributed by atoms with Crippen molar-refractivity contribution in [2.24, 2.45) is 17.3 Å². The van der Waals surface area contributed by atoms with E-state index in [1.54, 1.807) is 36.6 Å². The van der Waals surface area contributed by atoms with Gasteiger partial charge in [-0.2, -0.15) is 0 Å². The largest absolute Gasteiger partial charge is 0.318 e. The molecule has 0 atom stereocenters. The maximum absolute atomic E-state index is 12.2. The molecule has 6 heteroatoms. The molecule has 4 rings (SSSR count). The Morgan fingerprint density at radius 1 is 1.12 bits per heavy atom. The number of Topliss-reactive ketones (excluding diaryl/α,β-unsaturated/α-hetero) is 1. The van der Waals surface area contributed by atoms with Gasteiger partial charge in [0.05, 0.1) is 15.9 Å². The van der Waals surface area contributed by atoms with E-state index in [0.29, 0.717) is 17.0 Å². The molecule has 0 spiro atoms. The number of rotatable bonds is 1. The molecule has 0 amide bonds. The number of thiazole rings is 1. The predicted octanol–water partition coefficient (Wildman–Crippen LogP) is 3.08. The van der Waals surface area contributed by atoms with Crippen LogP contribution in [0.1, 0.15) is 23.0 Å². The SMILES string of the molecule is CC1=CC(=NN=c2sc3ccccc3n2C)c2cccnc2C1=O. The summed E-state index contributed by atoms with van der Waals surface area (Å²) in [5, 5.41) is 8.81. The number of hydrogen-bond acceptors (Lipinski definition) is 5. The van der Waals surface area contributed by atoms with Crippen molar-refractivity contribution in [2.45, 2.75) is 6.92 Å². The Bertz CT molecular complexity index is 1100. The molecule has 0 fully saturated rings. The highest BCUT2D eigenvalue weighted by Gasteiger charge is 2.22. The van der Waals surface area contributed by atoms with Crippen molar-refractivity contribution in [3.8, 4) is 0 Å². The third-order valence-electron chi connectivity index (χ3n) is 3.97. The lowest BCUT2D eigenvalue weighted by molar-refractivity contribution is 0.102. The number of nitrogens with zero attached hydrogens (tertiary/aromatic N) is 4. The van der Waals surface area contributed by atoms with Crippen LogP contribution in [-0.2, 0) is 7.05 Å². The molecule has 1 aliphatic rings. The summed E-state index contributed by atoms with van der Waals surface area (Å²) in [4.78, 5) is 17.2. The van der Waals surface area contributed by atoms with E-state index in [1.165, 1.54) is 0 Å². The lowest BCUT2D eigenvalue weighted by Crippen LogP contribution is -2.18. The van der Waals surface area contributed by atoms with E-state index >= 15 is 0 Å². The number of benzene rings is 1. The molecule has 1 aliphatic carbocycles. The zero-order chi connectivity index (χ0) is 16.7. The van der Waals surface area contributed by atoms with Gasteiger partial charge in [-0.1, -0.05) is 23.5 Å². The average molecular weight is 334 g/mol. The fourth-order valence-electron chi connectivity index (χ4n) is 2.69. The minimum absolute atomic E-state index is 0.0584.